The fourth-order valence-electron chi connectivity index (χ4n) is 1.18. The van der Waals surface area contributed by atoms with Gasteiger partial charge in [0.2, 0.25) is 0 Å². The smallest absolute Gasteiger partial charge is 0.0568 e. The molecule has 11 heavy (non-hydrogen) atoms. The summed E-state index contributed by atoms with van der Waals surface area (Å²) in [6.07, 6.45) is 2.07. The highest BCUT2D eigenvalue weighted by Crippen LogP contribution is 2.16. The van der Waals surface area contributed by atoms with Gasteiger partial charge in [0.05, 0.1) is 6.04 Å². The Balaban J connectivity index is 2.52. The molecule has 0 saturated carbocycles. The van der Waals surface area contributed by atoms with Crippen molar-refractivity contribution in [1.29, 1.82) is 0 Å². The van der Waals surface area contributed by atoms with Crippen LogP contribution in [0.1, 0.15) is 12.8 Å². The highest BCUT2D eigenvalue weighted by Gasteiger charge is 2.18. The van der Waals surface area contributed by atoms with Crippen molar-refractivity contribution in [2.45, 2.75) is 18.9 Å². The van der Waals surface area contributed by atoms with E-state index < -0.39 is 0 Å². The van der Waals surface area contributed by atoms with Crippen LogP contribution in [0.3, 0.4) is 0 Å². The van der Waals surface area contributed by atoms with Gasteiger partial charge in [0.25, 0.3) is 0 Å². The van der Waals surface area contributed by atoms with Crippen molar-refractivity contribution >= 4 is 23.6 Å². The van der Waals surface area contributed by atoms with Crippen LogP contribution >= 0.6 is 23.6 Å². The summed E-state index contributed by atoms with van der Waals surface area (Å²) in [5.74, 6) is 0. The molecule has 1 rings (SSSR count). The first-order valence-corrected chi connectivity index (χ1v) is 4.40. The second-order valence-corrected chi connectivity index (χ2v) is 3.49. The maximum absolute atomic E-state index is 5.85. The fraction of sp³-hybridized carbons (Fsp3) is 0.714. The molecule has 0 aromatic carbocycles. The molecule has 1 atom stereocenters. The van der Waals surface area contributed by atoms with E-state index in [0.717, 1.165) is 31.5 Å². The zero-order valence-electron chi connectivity index (χ0n) is 6.32. The van der Waals surface area contributed by atoms with Gasteiger partial charge in [-0.05, 0) is 36.4 Å². The second-order valence-electron chi connectivity index (χ2n) is 2.79. The van der Waals surface area contributed by atoms with E-state index in [4.69, 9.17) is 23.6 Å². The molecule has 1 aliphatic heterocycles. The predicted octanol–water partition coefficient (Wildman–Crippen LogP) is 1.90. The van der Waals surface area contributed by atoms with Gasteiger partial charge in [-0.1, -0.05) is 12.2 Å². The van der Waals surface area contributed by atoms with Crippen molar-refractivity contribution in [3.8, 4) is 0 Å². The van der Waals surface area contributed by atoms with Crippen molar-refractivity contribution in [2.24, 2.45) is 0 Å². The first-order chi connectivity index (χ1) is 5.24. The van der Waals surface area contributed by atoms with Crippen LogP contribution in [0.15, 0.2) is 12.2 Å². The summed E-state index contributed by atoms with van der Waals surface area (Å²) >= 11 is 11.4. The summed E-state index contributed by atoms with van der Waals surface area (Å²) < 4.78 is 1.75. The first-order valence-electron chi connectivity index (χ1n) is 3.68. The number of hydrogen-bond donors (Lipinski definition) is 1. The summed E-state index contributed by atoms with van der Waals surface area (Å²) in [7, 11) is 0. The van der Waals surface area contributed by atoms with Gasteiger partial charge < -0.3 is 0 Å². The topological polar surface area (TPSA) is 15.3 Å². The Morgan fingerprint density at radius 1 is 1.64 bits per heavy atom. The minimum absolute atomic E-state index is 0.136. The third-order valence-electron chi connectivity index (χ3n) is 1.90. The Kier molecular flexibility index (Phi) is 3.66. The highest BCUT2D eigenvalue weighted by molar-refractivity contribution is 6.14. The summed E-state index contributed by atoms with van der Waals surface area (Å²) in [6.45, 7) is 5.58. The minimum atomic E-state index is 0.136. The number of halogens is 2. The molecule has 1 fully saturated rings. The molecular weight excluding hydrogens is 183 g/mol. The molecule has 0 amide bonds. The van der Waals surface area contributed by atoms with E-state index in [1.807, 2.05) is 0 Å². The van der Waals surface area contributed by atoms with Gasteiger partial charge in [0, 0.05) is 13.1 Å². The SMILES string of the molecule is C=C1CCCN(Cl)CC1NCl. The normalized spacial score (nSPS) is 28.5. The Bertz CT molecular complexity index is 149. The van der Waals surface area contributed by atoms with E-state index in [0.29, 0.717) is 0 Å². The van der Waals surface area contributed by atoms with E-state index in [9.17, 15) is 0 Å². The number of nitrogens with one attached hydrogen (secondary N) is 1. The zero-order chi connectivity index (χ0) is 8.27. The van der Waals surface area contributed by atoms with Gasteiger partial charge >= 0.3 is 0 Å². The lowest BCUT2D eigenvalue weighted by molar-refractivity contribution is 0.446. The quantitative estimate of drug-likeness (QED) is 0.507. The Hall–Kier alpha value is 0.240. The zero-order valence-corrected chi connectivity index (χ0v) is 7.83. The van der Waals surface area contributed by atoms with E-state index in [1.54, 1.807) is 4.42 Å². The third kappa shape index (κ3) is 2.64. The molecule has 0 aliphatic carbocycles. The number of hydrogen-bond acceptors (Lipinski definition) is 2. The van der Waals surface area contributed by atoms with Crippen LogP contribution in [0.4, 0.5) is 0 Å². The van der Waals surface area contributed by atoms with Crippen molar-refractivity contribution in [2.75, 3.05) is 13.1 Å². The van der Waals surface area contributed by atoms with Crippen molar-refractivity contribution < 1.29 is 0 Å². The summed E-state index contributed by atoms with van der Waals surface area (Å²) in [4.78, 5) is 2.67. The van der Waals surface area contributed by atoms with Crippen LogP contribution in [0.2, 0.25) is 0 Å². The summed E-state index contributed by atoms with van der Waals surface area (Å²) in [5, 5.41) is 0. The predicted molar refractivity (Wildman–Crippen MR) is 48.6 cm³/mol. The van der Waals surface area contributed by atoms with Crippen LogP contribution in [0, 0.1) is 0 Å². The summed E-state index contributed by atoms with van der Waals surface area (Å²) in [6, 6.07) is 0.136. The second kappa shape index (κ2) is 4.31. The standard InChI is InChI=1S/C7H12Cl2N2/c1-6-3-2-4-11(9)5-7(6)10-8/h7,10H,1-5H2. The maximum Gasteiger partial charge on any atom is 0.0568 e. The average molecular weight is 195 g/mol. The molecule has 1 unspecified atom stereocenters. The summed E-state index contributed by atoms with van der Waals surface area (Å²) in [5.41, 5.74) is 1.14. The van der Waals surface area contributed by atoms with E-state index in [-0.39, 0.29) is 6.04 Å². The number of nitrogens with zero attached hydrogens (tertiary/aromatic N) is 1. The van der Waals surface area contributed by atoms with Gasteiger partial charge in [-0.15, -0.1) is 0 Å². The molecule has 1 saturated heterocycles. The highest BCUT2D eigenvalue weighted by atomic mass is 35.5. The van der Waals surface area contributed by atoms with Gasteiger partial charge in [-0.25, -0.2) is 9.25 Å². The van der Waals surface area contributed by atoms with Crippen LogP contribution < -0.4 is 4.84 Å². The van der Waals surface area contributed by atoms with Crippen molar-refractivity contribution in [1.82, 2.24) is 9.25 Å². The van der Waals surface area contributed by atoms with Crippen molar-refractivity contribution in [3.63, 3.8) is 0 Å². The van der Waals surface area contributed by atoms with E-state index in [2.05, 4.69) is 11.4 Å². The van der Waals surface area contributed by atoms with Gasteiger partial charge in [0.1, 0.15) is 0 Å². The fourth-order valence-corrected chi connectivity index (χ4v) is 1.66. The lowest BCUT2D eigenvalue weighted by Crippen LogP contribution is -2.32. The van der Waals surface area contributed by atoms with Gasteiger partial charge in [-0.2, -0.15) is 0 Å². The Labute approximate surface area is 77.4 Å². The third-order valence-corrected chi connectivity index (χ3v) is 2.47. The lowest BCUT2D eigenvalue weighted by Gasteiger charge is -2.16. The molecule has 0 aromatic heterocycles. The molecule has 0 radical (unpaired) electrons. The minimum Gasteiger partial charge on any atom is -0.225 e. The van der Waals surface area contributed by atoms with Gasteiger partial charge in [0.15, 0.2) is 0 Å². The lowest BCUT2D eigenvalue weighted by atomic mass is 10.1. The average Bonchev–Trinajstić information content (AvgIpc) is 2.13. The Morgan fingerprint density at radius 3 is 3.00 bits per heavy atom. The van der Waals surface area contributed by atoms with Crippen LogP contribution in [0.5, 0.6) is 0 Å². The molecule has 1 N–H and O–H groups in total. The van der Waals surface area contributed by atoms with Crippen LogP contribution in [-0.2, 0) is 0 Å². The molecule has 1 aliphatic rings. The molecule has 0 spiro atoms. The van der Waals surface area contributed by atoms with Crippen molar-refractivity contribution in [3.05, 3.63) is 12.2 Å². The van der Waals surface area contributed by atoms with Gasteiger partial charge in [-0.3, -0.25) is 0 Å². The number of rotatable bonds is 1. The monoisotopic (exact) mass is 194 g/mol. The van der Waals surface area contributed by atoms with E-state index >= 15 is 0 Å². The maximum atomic E-state index is 5.85. The molecule has 64 valence electrons. The molecular formula is C7H12Cl2N2. The molecule has 4 heteroatoms. The van der Waals surface area contributed by atoms with Crippen LogP contribution in [0.25, 0.3) is 0 Å². The molecule has 2 nitrogen and oxygen atoms in total. The molecule has 0 bridgehead atoms. The molecule has 0 aromatic rings. The largest absolute Gasteiger partial charge is 0.225 e. The van der Waals surface area contributed by atoms with Crippen LogP contribution in [-0.4, -0.2) is 23.6 Å². The first kappa shape index (κ1) is 9.33. The Morgan fingerprint density at radius 2 is 2.36 bits per heavy atom. The molecule has 1 heterocycles. The van der Waals surface area contributed by atoms with E-state index in [1.165, 1.54) is 0 Å².